The Morgan fingerprint density at radius 1 is 1.30 bits per heavy atom. The molecule has 0 aromatic heterocycles. The van der Waals surface area contributed by atoms with Crippen LogP contribution in [-0.4, -0.2) is 53.3 Å². The van der Waals surface area contributed by atoms with Gasteiger partial charge >= 0.3 is 16.2 Å². The second-order valence-electron chi connectivity index (χ2n) is 5.42. The maximum atomic E-state index is 11.8. The Morgan fingerprint density at radius 2 is 1.87 bits per heavy atom. The molecule has 1 heterocycles. The second kappa shape index (κ2) is 6.32. The third-order valence-electron chi connectivity index (χ3n) is 3.90. The summed E-state index contributed by atoms with van der Waals surface area (Å²) in [6, 6.07) is 5.10. The maximum Gasteiger partial charge on any atom is 0.407 e. The molecule has 2 rings (SSSR count). The van der Waals surface area contributed by atoms with Crippen LogP contribution in [0.25, 0.3) is 0 Å². The molecule has 1 aromatic rings. The molecule has 0 radical (unpaired) electrons. The molecule has 0 aliphatic carbocycles. The van der Waals surface area contributed by atoms with E-state index in [0.717, 1.165) is 0 Å². The highest BCUT2D eigenvalue weighted by atomic mass is 32.2. The summed E-state index contributed by atoms with van der Waals surface area (Å²) in [5.74, 6) is -0.372. The summed E-state index contributed by atoms with van der Waals surface area (Å²) in [6.45, 7) is 0.435. The summed E-state index contributed by atoms with van der Waals surface area (Å²) in [5, 5.41) is 21.4. The molecule has 1 fully saturated rings. The van der Waals surface area contributed by atoms with Crippen LogP contribution < -0.4 is 11.1 Å². The molecule has 0 spiro atoms. The van der Waals surface area contributed by atoms with Crippen LogP contribution in [0.1, 0.15) is 18.4 Å². The molecule has 1 aliphatic rings. The molecule has 128 valence electrons. The number of likely N-dealkylation sites (tertiary alicyclic amines) is 1. The first kappa shape index (κ1) is 17.5. The third-order valence-corrected chi connectivity index (χ3v) is 5.05. The van der Waals surface area contributed by atoms with E-state index in [1.807, 2.05) is 0 Å². The number of para-hydroxylation sites is 1. The number of hydrogen-bond acceptors (Lipinski definition) is 6. The summed E-state index contributed by atoms with van der Waals surface area (Å²) in [7, 11) is -4.79. The quantitative estimate of drug-likeness (QED) is 0.380. The number of benzene rings is 1. The number of carboxylic acid groups (broad SMARTS) is 1. The van der Waals surface area contributed by atoms with E-state index in [4.69, 9.17) is 10.8 Å². The molecule has 1 atom stereocenters. The van der Waals surface area contributed by atoms with Gasteiger partial charge in [0.25, 0.3) is 0 Å². The fourth-order valence-corrected chi connectivity index (χ4v) is 3.36. The lowest BCUT2D eigenvalue weighted by Gasteiger charge is -2.36. The second-order valence-corrected chi connectivity index (χ2v) is 7.01. The fraction of sp³-hybridized carbons (Fsp3) is 0.462. The van der Waals surface area contributed by atoms with Crippen molar-refractivity contribution in [1.29, 1.82) is 0 Å². The Hall–Kier alpha value is -1.88. The van der Waals surface area contributed by atoms with E-state index in [1.165, 1.54) is 29.2 Å². The molecular weight excluding hydrogens is 326 g/mol. The molecule has 9 nitrogen and oxygen atoms in total. The number of nitrogens with one attached hydrogen (secondary N) is 1. The highest BCUT2D eigenvalue weighted by Crippen LogP contribution is 2.30. The minimum absolute atomic E-state index is 0.178. The van der Waals surface area contributed by atoms with Crippen LogP contribution in [0.15, 0.2) is 24.3 Å². The Morgan fingerprint density at radius 3 is 2.35 bits per heavy atom. The zero-order valence-corrected chi connectivity index (χ0v) is 13.0. The van der Waals surface area contributed by atoms with Gasteiger partial charge in [0.05, 0.1) is 0 Å². The number of nitrogens with two attached hydrogens (primary N) is 1. The van der Waals surface area contributed by atoms with Gasteiger partial charge in [-0.3, -0.25) is 15.6 Å². The van der Waals surface area contributed by atoms with Crippen LogP contribution in [0.4, 0.5) is 4.79 Å². The predicted octanol–water partition coefficient (Wildman–Crippen LogP) is 0.0810. The van der Waals surface area contributed by atoms with Crippen LogP contribution in [0.5, 0.6) is 5.75 Å². The van der Waals surface area contributed by atoms with Crippen LogP contribution in [0.3, 0.4) is 0 Å². The van der Waals surface area contributed by atoms with Gasteiger partial charge in [-0.2, -0.15) is 8.42 Å². The third kappa shape index (κ3) is 3.55. The normalized spacial score (nSPS) is 19.3. The smallest absolute Gasteiger partial charge is 0.407 e. The van der Waals surface area contributed by atoms with Crippen molar-refractivity contribution in [3.63, 3.8) is 0 Å². The molecule has 1 aliphatic heterocycles. The molecular formula is C13H19N3O6S. The highest BCUT2D eigenvalue weighted by Gasteiger charge is 2.44. The average Bonchev–Trinajstić information content (AvgIpc) is 2.47. The van der Waals surface area contributed by atoms with Gasteiger partial charge in [0.1, 0.15) is 5.75 Å². The molecule has 1 aromatic carbocycles. The van der Waals surface area contributed by atoms with Gasteiger partial charge in [0, 0.05) is 24.7 Å². The van der Waals surface area contributed by atoms with E-state index in [1.54, 1.807) is 0 Å². The molecule has 1 saturated heterocycles. The summed E-state index contributed by atoms with van der Waals surface area (Å²) in [5.41, 5.74) is 5.71. The van der Waals surface area contributed by atoms with Gasteiger partial charge in [-0.15, -0.1) is 0 Å². The number of carbonyl (C=O) groups is 1. The number of nitrogens with zero attached hydrogens (tertiary/aromatic N) is 1. The highest BCUT2D eigenvalue weighted by molar-refractivity contribution is 7.86. The molecule has 10 heteroatoms. The SMILES string of the molecule is NC(NC1CCN(C(=O)O)CC1)(c1ccccc1O)S(=O)(=O)O. The lowest BCUT2D eigenvalue weighted by Crippen LogP contribution is -2.61. The standard InChI is InChI=1S/C13H19N3O6S/c14-13(23(20,21)22,10-3-1-2-4-11(10)17)15-9-5-7-16(8-6-9)12(18)19/h1-4,9,15,17H,5-8,14H2,(H,18,19)(H,20,21,22). The van der Waals surface area contributed by atoms with Gasteiger partial charge in [0.2, 0.25) is 4.99 Å². The van der Waals surface area contributed by atoms with Gasteiger partial charge in [0.15, 0.2) is 0 Å². The Bertz CT molecular complexity index is 687. The van der Waals surface area contributed by atoms with Crippen LogP contribution in [0.2, 0.25) is 0 Å². The van der Waals surface area contributed by atoms with Crippen molar-refractivity contribution >= 4 is 16.2 Å². The number of phenolic OH excluding ortho intramolecular Hbond substituents is 1. The molecule has 0 saturated carbocycles. The van der Waals surface area contributed by atoms with Crippen molar-refractivity contribution in [3.05, 3.63) is 29.8 Å². The zero-order chi connectivity index (χ0) is 17.3. The largest absolute Gasteiger partial charge is 0.508 e. The van der Waals surface area contributed by atoms with Crippen LogP contribution in [-0.2, 0) is 15.1 Å². The van der Waals surface area contributed by atoms with Gasteiger partial charge in [-0.1, -0.05) is 18.2 Å². The van der Waals surface area contributed by atoms with Gasteiger partial charge in [-0.05, 0) is 18.9 Å². The van der Waals surface area contributed by atoms with Crippen LogP contribution >= 0.6 is 0 Å². The van der Waals surface area contributed by atoms with E-state index in [2.05, 4.69) is 5.32 Å². The van der Waals surface area contributed by atoms with Crippen molar-refractivity contribution in [3.8, 4) is 5.75 Å². The van der Waals surface area contributed by atoms with E-state index < -0.39 is 27.2 Å². The summed E-state index contributed by atoms with van der Waals surface area (Å²) < 4.78 is 33.2. The van der Waals surface area contributed by atoms with E-state index in [9.17, 15) is 22.9 Å². The van der Waals surface area contributed by atoms with Crippen molar-refractivity contribution in [2.75, 3.05) is 13.1 Å². The minimum atomic E-state index is -4.79. The summed E-state index contributed by atoms with van der Waals surface area (Å²) >= 11 is 0. The first-order valence-electron chi connectivity index (χ1n) is 6.95. The Balaban J connectivity index is 2.25. The van der Waals surface area contributed by atoms with E-state index in [-0.39, 0.29) is 24.4 Å². The minimum Gasteiger partial charge on any atom is -0.508 e. The zero-order valence-electron chi connectivity index (χ0n) is 12.2. The Kier molecular flexibility index (Phi) is 4.80. The summed E-state index contributed by atoms with van der Waals surface area (Å²) in [4.78, 5) is 9.72. The topological polar surface area (TPSA) is 153 Å². The number of piperidine rings is 1. The number of aromatic hydroxyl groups is 1. The molecule has 1 unspecified atom stereocenters. The number of hydrogen-bond donors (Lipinski definition) is 5. The first-order valence-corrected chi connectivity index (χ1v) is 8.39. The monoisotopic (exact) mass is 345 g/mol. The van der Waals surface area contributed by atoms with Crippen LogP contribution in [0, 0.1) is 0 Å². The van der Waals surface area contributed by atoms with Gasteiger partial charge < -0.3 is 15.1 Å². The molecule has 0 bridgehead atoms. The number of rotatable bonds is 4. The van der Waals surface area contributed by atoms with E-state index >= 15 is 0 Å². The van der Waals surface area contributed by atoms with Crippen molar-refractivity contribution < 1.29 is 28.0 Å². The first-order chi connectivity index (χ1) is 10.6. The van der Waals surface area contributed by atoms with E-state index in [0.29, 0.717) is 12.8 Å². The number of phenols is 1. The fourth-order valence-electron chi connectivity index (χ4n) is 2.60. The predicted molar refractivity (Wildman–Crippen MR) is 81.3 cm³/mol. The lowest BCUT2D eigenvalue weighted by molar-refractivity contribution is 0.126. The molecule has 6 N–H and O–H groups in total. The van der Waals surface area contributed by atoms with Crippen molar-refractivity contribution in [1.82, 2.24) is 10.2 Å². The van der Waals surface area contributed by atoms with Crippen molar-refractivity contribution in [2.45, 2.75) is 23.9 Å². The average molecular weight is 345 g/mol. The number of amides is 1. The van der Waals surface area contributed by atoms with Crippen molar-refractivity contribution in [2.24, 2.45) is 5.73 Å². The summed E-state index contributed by atoms with van der Waals surface area (Å²) in [6.07, 6.45) is -0.388. The molecule has 23 heavy (non-hydrogen) atoms. The van der Waals surface area contributed by atoms with Gasteiger partial charge in [-0.25, -0.2) is 4.79 Å². The molecule has 1 amide bonds. The maximum absolute atomic E-state index is 11.8. The lowest BCUT2D eigenvalue weighted by atomic mass is 10.0. The Labute approximate surface area is 133 Å².